The van der Waals surface area contributed by atoms with E-state index in [1.54, 1.807) is 36.4 Å². The van der Waals surface area contributed by atoms with Crippen LogP contribution in [0.25, 0.3) is 0 Å². The number of amides is 2. The molecule has 2 aliphatic rings. The van der Waals surface area contributed by atoms with Gasteiger partial charge >= 0.3 is 11.9 Å². The van der Waals surface area contributed by atoms with Crippen LogP contribution in [0.4, 0.5) is 0 Å². The van der Waals surface area contributed by atoms with Crippen molar-refractivity contribution >= 4 is 90.2 Å². The van der Waals surface area contributed by atoms with Crippen molar-refractivity contribution < 1.29 is 65.2 Å². The predicted octanol–water partition coefficient (Wildman–Crippen LogP) is 4.39. The highest BCUT2D eigenvalue weighted by molar-refractivity contribution is 7.93. The number of sulfonamides is 2. The highest BCUT2D eigenvalue weighted by Crippen LogP contribution is 2.40. The molecule has 0 spiro atoms. The number of rotatable bonds is 37. The summed E-state index contributed by atoms with van der Waals surface area (Å²) in [5.74, 6) is -3.66. The SMILES string of the molecule is C=C(/C=C\C=C(/C)S(=O)(=O)NCCOCCOCCNC(=O)CN(CCN(CC(=O)O)CC(=O)NCCOCCOCCNS(=O)(=O)c1cccc([C@@H]2CN(C)Cc3c(Cl)cc(Cl)cc32)c1)CC(=O)O)[C@@H]1CN(C)Cc2c(Cl)cc(Cl)cc21. The van der Waals surface area contributed by atoms with Crippen LogP contribution in [-0.4, -0.2) is 216 Å². The maximum Gasteiger partial charge on any atom is 0.317 e. The first kappa shape index (κ1) is 69.2. The van der Waals surface area contributed by atoms with E-state index in [-0.39, 0.29) is 127 Å². The largest absolute Gasteiger partial charge is 0.480 e. The van der Waals surface area contributed by atoms with Gasteiger partial charge in [-0.15, -0.1) is 0 Å². The number of nitrogens with one attached hydrogen (secondary N) is 4. The molecule has 3 aromatic carbocycles. The summed E-state index contributed by atoms with van der Waals surface area (Å²) in [5.41, 5.74) is 5.49. The minimum absolute atomic E-state index is 0.00769. The highest BCUT2D eigenvalue weighted by atomic mass is 35.5. The van der Waals surface area contributed by atoms with Gasteiger partial charge in [0, 0.05) is 97.4 Å². The number of likely N-dealkylation sites (N-methyl/N-ethyl adjacent to an activating group) is 2. The van der Waals surface area contributed by atoms with Crippen molar-refractivity contribution in [1.82, 2.24) is 39.7 Å². The molecule has 2 atom stereocenters. The third kappa shape index (κ3) is 23.7. The third-order valence-electron chi connectivity index (χ3n) is 13.2. The number of nitrogens with zero attached hydrogens (tertiary/aromatic N) is 4. The fourth-order valence-electron chi connectivity index (χ4n) is 9.18. The summed E-state index contributed by atoms with van der Waals surface area (Å²) in [7, 11) is -3.69. The molecular formula is C55H74Cl4N8O14S2. The normalized spacial score (nSPS) is 16.1. The highest BCUT2D eigenvalue weighted by Gasteiger charge is 2.30. The van der Waals surface area contributed by atoms with Gasteiger partial charge in [-0.2, -0.15) is 0 Å². The second kappa shape index (κ2) is 34.5. The van der Waals surface area contributed by atoms with Crippen molar-refractivity contribution in [2.75, 3.05) is 145 Å². The fourth-order valence-corrected chi connectivity index (χ4v) is 12.2. The van der Waals surface area contributed by atoms with E-state index in [9.17, 15) is 46.2 Å². The van der Waals surface area contributed by atoms with Gasteiger partial charge in [-0.05, 0) is 96.9 Å². The Morgan fingerprint density at radius 3 is 1.67 bits per heavy atom. The average molecular weight is 1280 g/mol. The third-order valence-corrected chi connectivity index (χ3v) is 17.3. The molecule has 2 aliphatic heterocycles. The maximum absolute atomic E-state index is 13.2. The van der Waals surface area contributed by atoms with Gasteiger partial charge in [0.15, 0.2) is 0 Å². The van der Waals surface area contributed by atoms with Crippen LogP contribution in [-0.2, 0) is 71.3 Å². The van der Waals surface area contributed by atoms with Crippen LogP contribution in [0.1, 0.15) is 46.6 Å². The van der Waals surface area contributed by atoms with Crippen LogP contribution in [0.2, 0.25) is 20.1 Å². The first-order valence-electron chi connectivity index (χ1n) is 26.6. The Balaban J connectivity index is 0.896. The van der Waals surface area contributed by atoms with Gasteiger partial charge in [-0.25, -0.2) is 26.3 Å². The number of benzene rings is 3. The molecule has 458 valence electrons. The first-order valence-corrected chi connectivity index (χ1v) is 31.1. The predicted molar refractivity (Wildman–Crippen MR) is 318 cm³/mol. The molecule has 22 nitrogen and oxygen atoms in total. The lowest BCUT2D eigenvalue weighted by Crippen LogP contribution is -2.47. The van der Waals surface area contributed by atoms with Crippen LogP contribution < -0.4 is 20.1 Å². The minimum Gasteiger partial charge on any atom is -0.480 e. The molecule has 28 heteroatoms. The number of carboxylic acid groups (broad SMARTS) is 2. The Hall–Kier alpha value is -4.58. The number of carbonyl (C=O) groups excluding carboxylic acids is 2. The van der Waals surface area contributed by atoms with E-state index in [1.165, 1.54) is 28.9 Å². The zero-order chi connectivity index (χ0) is 60.7. The summed E-state index contributed by atoms with van der Waals surface area (Å²) in [6, 6.07) is 14.0. The Kier molecular flexibility index (Phi) is 28.8. The Labute approximate surface area is 506 Å². The van der Waals surface area contributed by atoms with Gasteiger partial charge in [0.25, 0.3) is 0 Å². The lowest BCUT2D eigenvalue weighted by Gasteiger charge is -2.33. The molecule has 0 unspecified atom stereocenters. The minimum atomic E-state index is -3.87. The van der Waals surface area contributed by atoms with Crippen LogP contribution in [0.3, 0.4) is 0 Å². The van der Waals surface area contributed by atoms with E-state index >= 15 is 0 Å². The lowest BCUT2D eigenvalue weighted by molar-refractivity contribution is -0.141. The van der Waals surface area contributed by atoms with Crippen LogP contribution in [0.15, 0.2) is 88.7 Å². The standard InChI is InChI=1S/C55H74Cl4N8O14S2/c1-38(46-30-64(3)32-48-44(46)26-41(56)28-50(48)58)7-5-8-39(2)82(74,75)62-13-19-80-23-21-78-17-11-60-52(68)34-66(36-54(70)71)15-16-67(37-55(72)73)35-53(69)61-12-18-79-22-24-81-20-14-63-83(76,77)43-10-6-9-40(25-43)47-31-65(4)33-49-45(47)27-42(57)29-51(49)59/h5-10,25-29,46-47,62-63H,1,11-24,30-37H2,2-4H3,(H,60,68)(H,61,69)(H,70,71)(H,72,73)/b7-5-,39-8+/t46-,47-/m0/s1. The van der Waals surface area contributed by atoms with Gasteiger partial charge in [0.05, 0.1) is 88.8 Å². The van der Waals surface area contributed by atoms with Crippen molar-refractivity contribution in [1.29, 1.82) is 0 Å². The van der Waals surface area contributed by atoms with Crippen LogP contribution in [0.5, 0.6) is 0 Å². The number of hydrogen-bond acceptors (Lipinski definition) is 16. The second-order valence-electron chi connectivity index (χ2n) is 19.8. The summed E-state index contributed by atoms with van der Waals surface area (Å²) >= 11 is 25.6. The monoisotopic (exact) mass is 1270 g/mol. The van der Waals surface area contributed by atoms with Gasteiger partial charge < -0.3 is 49.6 Å². The topological polar surface area (TPSA) is 275 Å². The number of fused-ring (bicyclic) bond motifs is 2. The number of hydrogen-bond donors (Lipinski definition) is 6. The molecule has 0 saturated heterocycles. The zero-order valence-electron chi connectivity index (χ0n) is 46.7. The number of carbonyl (C=O) groups is 4. The van der Waals surface area contributed by atoms with E-state index in [4.69, 9.17) is 65.4 Å². The summed E-state index contributed by atoms with van der Waals surface area (Å²) in [6.07, 6.45) is 4.90. The number of aliphatic carboxylic acids is 2. The van der Waals surface area contributed by atoms with E-state index in [1.807, 2.05) is 32.3 Å². The molecule has 2 amide bonds. The Bertz CT molecular complexity index is 3010. The van der Waals surface area contributed by atoms with E-state index in [0.717, 1.165) is 33.4 Å². The van der Waals surface area contributed by atoms with E-state index in [0.29, 0.717) is 46.3 Å². The molecular weight excluding hydrogens is 1200 g/mol. The van der Waals surface area contributed by atoms with Gasteiger partial charge in [-0.1, -0.05) is 77.3 Å². The summed E-state index contributed by atoms with van der Waals surface area (Å²) in [4.78, 5) is 55.8. The molecule has 3 aromatic rings. The van der Waals surface area contributed by atoms with Crippen LogP contribution >= 0.6 is 46.4 Å². The molecule has 5 rings (SSSR count). The molecule has 0 aromatic heterocycles. The molecule has 0 aliphatic carbocycles. The van der Waals surface area contributed by atoms with E-state index in [2.05, 4.69) is 36.5 Å². The van der Waals surface area contributed by atoms with Gasteiger partial charge in [0.1, 0.15) is 0 Å². The average Bonchev–Trinajstić information content (AvgIpc) is 3.52. The number of carboxylic acids is 2. The molecule has 83 heavy (non-hydrogen) atoms. The zero-order valence-corrected chi connectivity index (χ0v) is 51.3. The van der Waals surface area contributed by atoms with Crippen LogP contribution in [0, 0.1) is 0 Å². The van der Waals surface area contributed by atoms with Crippen molar-refractivity contribution in [3.63, 3.8) is 0 Å². The summed E-state index contributed by atoms with van der Waals surface area (Å²) in [5, 5.41) is 26.4. The van der Waals surface area contributed by atoms with Crippen molar-refractivity contribution in [3.8, 4) is 0 Å². The smallest absolute Gasteiger partial charge is 0.317 e. The number of halogens is 4. The summed E-state index contributed by atoms with van der Waals surface area (Å²) in [6.45, 7) is 7.70. The van der Waals surface area contributed by atoms with Crippen molar-refractivity contribution in [2.24, 2.45) is 0 Å². The molecule has 0 fully saturated rings. The van der Waals surface area contributed by atoms with Crippen molar-refractivity contribution in [2.45, 2.75) is 36.7 Å². The molecule has 2 heterocycles. The first-order chi connectivity index (χ1) is 39.4. The fraction of sp³-hybridized carbons (Fsp3) is 0.491. The Morgan fingerprint density at radius 2 is 1.14 bits per heavy atom. The summed E-state index contributed by atoms with van der Waals surface area (Å²) < 4.78 is 79.1. The Morgan fingerprint density at radius 1 is 0.663 bits per heavy atom. The number of ether oxygens (including phenoxy) is 4. The van der Waals surface area contributed by atoms with Gasteiger partial charge in [0.2, 0.25) is 31.9 Å². The quantitative estimate of drug-likeness (QED) is 0.0345. The number of allylic oxidation sites excluding steroid dienone is 4. The maximum atomic E-state index is 13.2. The van der Waals surface area contributed by atoms with Crippen molar-refractivity contribution in [3.05, 3.63) is 132 Å². The molecule has 0 bridgehead atoms. The molecule has 6 N–H and O–H groups in total. The second-order valence-corrected chi connectivity index (χ2v) is 25.2. The van der Waals surface area contributed by atoms with E-state index < -0.39 is 56.9 Å². The molecule has 0 saturated carbocycles. The lowest BCUT2D eigenvalue weighted by atomic mass is 9.85. The van der Waals surface area contributed by atoms with Gasteiger partial charge in [-0.3, -0.25) is 29.0 Å². The molecule has 0 radical (unpaired) electrons.